The molecule has 0 bridgehead atoms. The number of aromatic nitrogens is 1. The van der Waals surface area contributed by atoms with Gasteiger partial charge in [0.1, 0.15) is 4.88 Å². The summed E-state index contributed by atoms with van der Waals surface area (Å²) in [6.45, 7) is 2.71. The van der Waals surface area contributed by atoms with Gasteiger partial charge in [-0.1, -0.05) is 24.3 Å². The van der Waals surface area contributed by atoms with Gasteiger partial charge in [0.2, 0.25) is 0 Å². The van der Waals surface area contributed by atoms with Crippen molar-refractivity contribution in [2.24, 2.45) is 0 Å². The van der Waals surface area contributed by atoms with E-state index in [0.29, 0.717) is 16.6 Å². The fraction of sp³-hybridized carbons (Fsp3) is 0.333. The van der Waals surface area contributed by atoms with Crippen molar-refractivity contribution in [1.82, 2.24) is 10.3 Å². The fourth-order valence-electron chi connectivity index (χ4n) is 1.75. The Kier molecular flexibility index (Phi) is 5.16. The molecule has 0 unspecified atom stereocenters. The van der Waals surface area contributed by atoms with Crippen molar-refractivity contribution in [2.75, 3.05) is 30.9 Å². The molecule has 0 spiro atoms. The van der Waals surface area contributed by atoms with Gasteiger partial charge in [0, 0.05) is 32.0 Å². The standard InChI is InChI=1S/C15H20N4OS/c1-4-8-16-14(20)13-10-17-15(21-13)18-11-6-5-7-12(9-11)19(2)3/h5-7,9-10H,4,8H2,1-3H3,(H,16,20)(H,17,18). The summed E-state index contributed by atoms with van der Waals surface area (Å²) in [5.41, 5.74) is 2.06. The molecule has 1 aromatic carbocycles. The van der Waals surface area contributed by atoms with Crippen LogP contribution in [0.2, 0.25) is 0 Å². The molecule has 6 heteroatoms. The fourth-order valence-corrected chi connectivity index (χ4v) is 2.50. The number of carbonyl (C=O) groups excluding carboxylic acids is 1. The first-order valence-electron chi connectivity index (χ1n) is 6.88. The first-order valence-corrected chi connectivity index (χ1v) is 7.70. The number of carbonyl (C=O) groups is 1. The van der Waals surface area contributed by atoms with Crippen LogP contribution < -0.4 is 15.5 Å². The van der Waals surface area contributed by atoms with Crippen LogP contribution in [0.1, 0.15) is 23.0 Å². The van der Waals surface area contributed by atoms with Crippen LogP contribution in [0, 0.1) is 0 Å². The first kappa shape index (κ1) is 15.3. The number of hydrogen-bond acceptors (Lipinski definition) is 5. The van der Waals surface area contributed by atoms with Gasteiger partial charge >= 0.3 is 0 Å². The number of nitrogens with zero attached hydrogens (tertiary/aromatic N) is 2. The predicted molar refractivity (Wildman–Crippen MR) is 88.8 cm³/mol. The largest absolute Gasteiger partial charge is 0.378 e. The SMILES string of the molecule is CCCNC(=O)c1cnc(Nc2cccc(N(C)C)c2)s1. The zero-order chi connectivity index (χ0) is 15.2. The Bertz CT molecular complexity index is 609. The smallest absolute Gasteiger partial charge is 0.263 e. The molecule has 0 atom stereocenters. The van der Waals surface area contributed by atoms with Gasteiger partial charge in [0.15, 0.2) is 5.13 Å². The second kappa shape index (κ2) is 7.08. The number of amides is 1. The summed E-state index contributed by atoms with van der Waals surface area (Å²) in [6.07, 6.45) is 2.53. The number of nitrogens with one attached hydrogen (secondary N) is 2. The number of hydrogen-bond donors (Lipinski definition) is 2. The molecular formula is C15H20N4OS. The molecule has 21 heavy (non-hydrogen) atoms. The minimum Gasteiger partial charge on any atom is -0.378 e. The zero-order valence-electron chi connectivity index (χ0n) is 12.5. The molecule has 1 aromatic heterocycles. The molecule has 0 radical (unpaired) electrons. The van der Waals surface area contributed by atoms with Gasteiger partial charge in [-0.15, -0.1) is 0 Å². The van der Waals surface area contributed by atoms with E-state index in [2.05, 4.69) is 15.6 Å². The van der Waals surface area contributed by atoms with Gasteiger partial charge in [-0.2, -0.15) is 0 Å². The predicted octanol–water partition coefficient (Wildman–Crippen LogP) is 3.09. The number of benzene rings is 1. The Morgan fingerprint density at radius 2 is 2.19 bits per heavy atom. The van der Waals surface area contributed by atoms with E-state index in [0.717, 1.165) is 17.8 Å². The monoisotopic (exact) mass is 304 g/mol. The third-order valence-electron chi connectivity index (χ3n) is 2.88. The third kappa shape index (κ3) is 4.19. The Morgan fingerprint density at radius 1 is 1.38 bits per heavy atom. The molecule has 0 saturated heterocycles. The van der Waals surface area contributed by atoms with Crippen molar-refractivity contribution < 1.29 is 4.79 Å². The highest BCUT2D eigenvalue weighted by molar-refractivity contribution is 7.17. The van der Waals surface area contributed by atoms with Crippen LogP contribution in [0.5, 0.6) is 0 Å². The molecule has 2 rings (SSSR count). The van der Waals surface area contributed by atoms with Crippen LogP contribution in [-0.2, 0) is 0 Å². The maximum absolute atomic E-state index is 11.8. The van der Waals surface area contributed by atoms with Crippen LogP contribution in [0.15, 0.2) is 30.5 Å². The minimum atomic E-state index is -0.0653. The van der Waals surface area contributed by atoms with E-state index in [1.165, 1.54) is 11.3 Å². The molecule has 112 valence electrons. The van der Waals surface area contributed by atoms with E-state index in [1.807, 2.05) is 50.2 Å². The average molecular weight is 304 g/mol. The zero-order valence-corrected chi connectivity index (χ0v) is 13.3. The van der Waals surface area contributed by atoms with Crippen molar-refractivity contribution in [3.05, 3.63) is 35.3 Å². The van der Waals surface area contributed by atoms with Crippen molar-refractivity contribution in [3.8, 4) is 0 Å². The van der Waals surface area contributed by atoms with Crippen LogP contribution in [0.4, 0.5) is 16.5 Å². The number of anilines is 3. The van der Waals surface area contributed by atoms with E-state index in [-0.39, 0.29) is 5.91 Å². The van der Waals surface area contributed by atoms with Gasteiger partial charge < -0.3 is 15.5 Å². The van der Waals surface area contributed by atoms with E-state index >= 15 is 0 Å². The molecule has 0 saturated carbocycles. The normalized spacial score (nSPS) is 10.2. The molecule has 2 N–H and O–H groups in total. The highest BCUT2D eigenvalue weighted by Crippen LogP contribution is 2.25. The lowest BCUT2D eigenvalue weighted by Crippen LogP contribution is -2.22. The van der Waals surface area contributed by atoms with Crippen LogP contribution in [0.3, 0.4) is 0 Å². The van der Waals surface area contributed by atoms with E-state index < -0.39 is 0 Å². The topological polar surface area (TPSA) is 57.3 Å². The second-order valence-corrected chi connectivity index (χ2v) is 5.89. The van der Waals surface area contributed by atoms with E-state index in [4.69, 9.17) is 0 Å². The van der Waals surface area contributed by atoms with Gasteiger partial charge in [-0.05, 0) is 24.6 Å². The highest BCUT2D eigenvalue weighted by Gasteiger charge is 2.10. The molecule has 2 aromatic rings. The molecule has 1 amide bonds. The third-order valence-corrected chi connectivity index (χ3v) is 3.79. The molecule has 5 nitrogen and oxygen atoms in total. The molecule has 1 heterocycles. The number of rotatable bonds is 6. The van der Waals surface area contributed by atoms with E-state index in [9.17, 15) is 4.79 Å². The van der Waals surface area contributed by atoms with Gasteiger partial charge in [0.25, 0.3) is 5.91 Å². The molecule has 0 fully saturated rings. The lowest BCUT2D eigenvalue weighted by atomic mass is 10.2. The first-order chi connectivity index (χ1) is 10.1. The lowest BCUT2D eigenvalue weighted by Gasteiger charge is -2.13. The quantitative estimate of drug-likeness (QED) is 0.861. The lowest BCUT2D eigenvalue weighted by molar-refractivity contribution is 0.0957. The van der Waals surface area contributed by atoms with Crippen LogP contribution in [-0.4, -0.2) is 31.5 Å². The Balaban J connectivity index is 2.05. The van der Waals surface area contributed by atoms with Crippen molar-refractivity contribution in [1.29, 1.82) is 0 Å². The van der Waals surface area contributed by atoms with Crippen molar-refractivity contribution >= 4 is 33.8 Å². The summed E-state index contributed by atoms with van der Waals surface area (Å²) in [6, 6.07) is 8.04. The summed E-state index contributed by atoms with van der Waals surface area (Å²) in [7, 11) is 4.00. The summed E-state index contributed by atoms with van der Waals surface area (Å²) in [5, 5.41) is 6.79. The Labute approximate surface area is 129 Å². The van der Waals surface area contributed by atoms with Crippen LogP contribution >= 0.6 is 11.3 Å². The van der Waals surface area contributed by atoms with Gasteiger partial charge in [0.05, 0.1) is 6.20 Å². The maximum atomic E-state index is 11.8. The molecular weight excluding hydrogens is 284 g/mol. The second-order valence-electron chi connectivity index (χ2n) is 4.86. The van der Waals surface area contributed by atoms with Crippen molar-refractivity contribution in [3.63, 3.8) is 0 Å². The maximum Gasteiger partial charge on any atom is 0.263 e. The Morgan fingerprint density at radius 3 is 2.90 bits per heavy atom. The Hall–Kier alpha value is -2.08. The number of thiazole rings is 1. The van der Waals surface area contributed by atoms with Gasteiger partial charge in [-0.25, -0.2) is 4.98 Å². The molecule has 0 aliphatic heterocycles. The summed E-state index contributed by atoms with van der Waals surface area (Å²) < 4.78 is 0. The minimum absolute atomic E-state index is 0.0653. The highest BCUT2D eigenvalue weighted by atomic mass is 32.1. The van der Waals surface area contributed by atoms with E-state index in [1.54, 1.807) is 6.20 Å². The molecule has 0 aliphatic rings. The summed E-state index contributed by atoms with van der Waals surface area (Å²) in [4.78, 5) is 18.7. The summed E-state index contributed by atoms with van der Waals surface area (Å²) >= 11 is 1.35. The van der Waals surface area contributed by atoms with Crippen molar-refractivity contribution in [2.45, 2.75) is 13.3 Å². The van der Waals surface area contributed by atoms with Crippen LogP contribution in [0.25, 0.3) is 0 Å². The average Bonchev–Trinajstić information content (AvgIpc) is 2.93. The van der Waals surface area contributed by atoms with Gasteiger partial charge in [-0.3, -0.25) is 4.79 Å². The summed E-state index contributed by atoms with van der Waals surface area (Å²) in [5.74, 6) is -0.0653. The molecule has 0 aliphatic carbocycles.